The van der Waals surface area contributed by atoms with Crippen LogP contribution < -0.4 is 0 Å². The van der Waals surface area contributed by atoms with Crippen LogP contribution in [0.4, 0.5) is 0 Å². The fraction of sp³-hybridized carbons (Fsp3) is 0.789. The Morgan fingerprint density at radius 1 is 0.950 bits per heavy atom. The van der Waals surface area contributed by atoms with Gasteiger partial charge in [-0.3, -0.25) is 0 Å². The predicted molar refractivity (Wildman–Crippen MR) is 91.0 cm³/mol. The van der Waals surface area contributed by atoms with E-state index in [1.807, 2.05) is 6.08 Å². The SMILES string of the molecule is C=CCC=CCC(O)CCCCCCCCC(C)(C)C. The molecule has 0 fully saturated rings. The van der Waals surface area contributed by atoms with E-state index in [-0.39, 0.29) is 6.10 Å². The van der Waals surface area contributed by atoms with Gasteiger partial charge in [0.1, 0.15) is 0 Å². The van der Waals surface area contributed by atoms with E-state index in [0.29, 0.717) is 5.41 Å². The van der Waals surface area contributed by atoms with Gasteiger partial charge in [-0.25, -0.2) is 0 Å². The second kappa shape index (κ2) is 12.2. The molecule has 1 heteroatoms. The fourth-order valence-corrected chi connectivity index (χ4v) is 2.31. The highest BCUT2D eigenvalue weighted by Gasteiger charge is 2.08. The van der Waals surface area contributed by atoms with Gasteiger partial charge in [0.2, 0.25) is 0 Å². The molecule has 0 spiro atoms. The van der Waals surface area contributed by atoms with Crippen LogP contribution in [0.1, 0.15) is 85.0 Å². The van der Waals surface area contributed by atoms with Gasteiger partial charge < -0.3 is 5.11 Å². The van der Waals surface area contributed by atoms with E-state index >= 15 is 0 Å². The summed E-state index contributed by atoms with van der Waals surface area (Å²) in [6, 6.07) is 0. The third-order valence-electron chi connectivity index (χ3n) is 3.59. The van der Waals surface area contributed by atoms with Crippen molar-refractivity contribution in [3.05, 3.63) is 24.8 Å². The minimum absolute atomic E-state index is 0.156. The van der Waals surface area contributed by atoms with Gasteiger partial charge in [0.25, 0.3) is 0 Å². The largest absolute Gasteiger partial charge is 0.393 e. The van der Waals surface area contributed by atoms with Crippen molar-refractivity contribution in [1.29, 1.82) is 0 Å². The highest BCUT2D eigenvalue weighted by Crippen LogP contribution is 2.22. The minimum Gasteiger partial charge on any atom is -0.393 e. The van der Waals surface area contributed by atoms with Gasteiger partial charge >= 0.3 is 0 Å². The Hall–Kier alpha value is -0.560. The lowest BCUT2D eigenvalue weighted by molar-refractivity contribution is 0.163. The van der Waals surface area contributed by atoms with Crippen LogP contribution in [0, 0.1) is 5.41 Å². The number of rotatable bonds is 12. The van der Waals surface area contributed by atoms with Gasteiger partial charge in [-0.1, -0.05) is 77.5 Å². The molecule has 0 aromatic carbocycles. The molecule has 118 valence electrons. The first-order valence-corrected chi connectivity index (χ1v) is 8.39. The molecule has 0 saturated carbocycles. The molecule has 0 bridgehead atoms. The zero-order valence-electron chi connectivity index (χ0n) is 14.0. The highest BCUT2D eigenvalue weighted by molar-refractivity contribution is 4.89. The monoisotopic (exact) mass is 280 g/mol. The number of allylic oxidation sites excluding steroid dienone is 2. The van der Waals surface area contributed by atoms with Crippen molar-refractivity contribution in [3.8, 4) is 0 Å². The van der Waals surface area contributed by atoms with Crippen LogP contribution in [-0.4, -0.2) is 11.2 Å². The summed E-state index contributed by atoms with van der Waals surface area (Å²) in [4.78, 5) is 0. The summed E-state index contributed by atoms with van der Waals surface area (Å²) in [6.45, 7) is 10.6. The van der Waals surface area contributed by atoms with Crippen LogP contribution in [0.15, 0.2) is 24.8 Å². The Bertz CT molecular complexity index is 247. The van der Waals surface area contributed by atoms with Crippen molar-refractivity contribution < 1.29 is 5.11 Å². The Balaban J connectivity index is 3.29. The normalized spacial score (nSPS) is 13.8. The van der Waals surface area contributed by atoms with Crippen molar-refractivity contribution in [1.82, 2.24) is 0 Å². The summed E-state index contributed by atoms with van der Waals surface area (Å²) < 4.78 is 0. The molecule has 1 unspecified atom stereocenters. The molecular formula is C19H36O. The average molecular weight is 280 g/mol. The molecule has 0 aliphatic rings. The standard InChI is InChI=1S/C19H36O/c1-5-6-7-12-15-18(20)16-13-10-8-9-11-14-17-19(2,3)4/h5,7,12,18,20H,1,6,8-11,13-17H2,2-4H3. The van der Waals surface area contributed by atoms with Gasteiger partial charge in [0.15, 0.2) is 0 Å². The Labute approximate surface area is 127 Å². The van der Waals surface area contributed by atoms with Crippen molar-refractivity contribution in [2.75, 3.05) is 0 Å². The van der Waals surface area contributed by atoms with Crippen LogP contribution in [-0.2, 0) is 0 Å². The van der Waals surface area contributed by atoms with Crippen molar-refractivity contribution >= 4 is 0 Å². The first-order chi connectivity index (χ1) is 9.45. The van der Waals surface area contributed by atoms with E-state index < -0.39 is 0 Å². The number of hydrogen-bond donors (Lipinski definition) is 1. The van der Waals surface area contributed by atoms with E-state index in [0.717, 1.165) is 25.7 Å². The zero-order valence-corrected chi connectivity index (χ0v) is 14.0. The first kappa shape index (κ1) is 19.4. The molecule has 0 rings (SSSR count). The van der Waals surface area contributed by atoms with E-state index in [2.05, 4.69) is 39.5 Å². The molecule has 0 radical (unpaired) electrons. The molecule has 1 atom stereocenters. The molecule has 0 aromatic heterocycles. The van der Waals surface area contributed by atoms with Crippen molar-refractivity contribution in [2.45, 2.75) is 91.1 Å². The van der Waals surface area contributed by atoms with Crippen molar-refractivity contribution in [2.24, 2.45) is 5.41 Å². The van der Waals surface area contributed by atoms with E-state index in [9.17, 15) is 5.11 Å². The van der Waals surface area contributed by atoms with E-state index in [4.69, 9.17) is 0 Å². The molecular weight excluding hydrogens is 244 g/mol. The van der Waals surface area contributed by atoms with Crippen LogP contribution >= 0.6 is 0 Å². The van der Waals surface area contributed by atoms with Crippen LogP contribution in [0.5, 0.6) is 0 Å². The lowest BCUT2D eigenvalue weighted by atomic mass is 9.89. The van der Waals surface area contributed by atoms with E-state index in [1.165, 1.54) is 38.5 Å². The van der Waals surface area contributed by atoms with Crippen molar-refractivity contribution in [3.63, 3.8) is 0 Å². The molecule has 0 saturated heterocycles. The Morgan fingerprint density at radius 2 is 1.55 bits per heavy atom. The molecule has 0 aliphatic carbocycles. The zero-order chi connectivity index (χ0) is 15.3. The third-order valence-corrected chi connectivity index (χ3v) is 3.59. The fourth-order valence-electron chi connectivity index (χ4n) is 2.31. The lowest BCUT2D eigenvalue weighted by Gasteiger charge is -2.17. The maximum Gasteiger partial charge on any atom is 0.0574 e. The highest BCUT2D eigenvalue weighted by atomic mass is 16.3. The summed E-state index contributed by atoms with van der Waals surface area (Å²) >= 11 is 0. The molecule has 0 heterocycles. The average Bonchev–Trinajstić information content (AvgIpc) is 2.36. The number of aliphatic hydroxyl groups is 1. The van der Waals surface area contributed by atoms with Gasteiger partial charge in [-0.05, 0) is 31.1 Å². The van der Waals surface area contributed by atoms with Crippen LogP contribution in [0.2, 0.25) is 0 Å². The summed E-state index contributed by atoms with van der Waals surface area (Å²) in [5.41, 5.74) is 0.489. The second-order valence-electron chi connectivity index (χ2n) is 7.11. The van der Waals surface area contributed by atoms with Gasteiger partial charge in [-0.2, -0.15) is 0 Å². The molecule has 1 N–H and O–H groups in total. The Kier molecular flexibility index (Phi) is 11.9. The van der Waals surface area contributed by atoms with Gasteiger partial charge in [0, 0.05) is 0 Å². The molecule has 0 aliphatic heterocycles. The summed E-state index contributed by atoms with van der Waals surface area (Å²) in [5, 5.41) is 9.80. The molecule has 20 heavy (non-hydrogen) atoms. The summed E-state index contributed by atoms with van der Waals surface area (Å²) in [5.74, 6) is 0. The van der Waals surface area contributed by atoms with Gasteiger partial charge in [-0.15, -0.1) is 6.58 Å². The predicted octanol–water partition coefficient (Wildman–Crippen LogP) is 6.04. The maximum absolute atomic E-state index is 9.80. The topological polar surface area (TPSA) is 20.2 Å². The summed E-state index contributed by atoms with van der Waals surface area (Å²) in [6.07, 6.45) is 17.7. The number of aliphatic hydroxyl groups excluding tert-OH is 1. The Morgan fingerprint density at radius 3 is 2.15 bits per heavy atom. The molecule has 0 amide bonds. The number of hydrogen-bond acceptors (Lipinski definition) is 1. The smallest absolute Gasteiger partial charge is 0.0574 e. The van der Waals surface area contributed by atoms with Crippen LogP contribution in [0.3, 0.4) is 0 Å². The van der Waals surface area contributed by atoms with Gasteiger partial charge in [0.05, 0.1) is 6.10 Å². The van der Waals surface area contributed by atoms with E-state index in [1.54, 1.807) is 0 Å². The van der Waals surface area contributed by atoms with Crippen LogP contribution in [0.25, 0.3) is 0 Å². The summed E-state index contributed by atoms with van der Waals surface area (Å²) in [7, 11) is 0. The molecule has 1 nitrogen and oxygen atoms in total. The number of unbranched alkanes of at least 4 members (excludes halogenated alkanes) is 5. The third kappa shape index (κ3) is 15.5. The lowest BCUT2D eigenvalue weighted by Crippen LogP contribution is -2.04. The second-order valence-corrected chi connectivity index (χ2v) is 7.11. The molecule has 0 aromatic rings. The quantitative estimate of drug-likeness (QED) is 0.341. The maximum atomic E-state index is 9.80. The first-order valence-electron chi connectivity index (χ1n) is 8.39. The minimum atomic E-state index is -0.156.